The largest absolute Gasteiger partial charge is 0.310 e. The minimum Gasteiger partial charge on any atom is -0.310 e. The molecule has 0 fully saturated rings. The van der Waals surface area contributed by atoms with Crippen molar-refractivity contribution in [1.29, 1.82) is 0 Å². The van der Waals surface area contributed by atoms with Gasteiger partial charge in [0, 0.05) is 6.04 Å². The molecule has 1 aromatic rings. The molecular weight excluding hydrogens is 242 g/mol. The van der Waals surface area contributed by atoms with E-state index in [9.17, 15) is 0 Å². The second-order valence-corrected chi connectivity index (χ2v) is 6.90. The van der Waals surface area contributed by atoms with Crippen molar-refractivity contribution in [2.24, 2.45) is 5.92 Å². The molecular formula is C19H33N. The summed E-state index contributed by atoms with van der Waals surface area (Å²) in [6.07, 6.45) is 3.80. The molecule has 1 rings (SSSR count). The molecule has 114 valence electrons. The lowest BCUT2D eigenvalue weighted by Crippen LogP contribution is -2.23. The summed E-state index contributed by atoms with van der Waals surface area (Å²) in [5, 5.41) is 3.66. The third-order valence-corrected chi connectivity index (χ3v) is 4.35. The fourth-order valence-electron chi connectivity index (χ4n) is 2.75. The molecule has 1 aromatic carbocycles. The minimum absolute atomic E-state index is 0.238. The Balaban J connectivity index is 2.86. The molecule has 1 N–H and O–H groups in total. The number of nitrogens with one attached hydrogen (secondary N) is 1. The number of hydrogen-bond acceptors (Lipinski definition) is 1. The van der Waals surface area contributed by atoms with E-state index in [2.05, 4.69) is 71.1 Å². The van der Waals surface area contributed by atoms with Gasteiger partial charge in [-0.3, -0.25) is 0 Å². The lowest BCUT2D eigenvalue weighted by Gasteiger charge is -2.25. The molecule has 0 heterocycles. The van der Waals surface area contributed by atoms with Crippen molar-refractivity contribution in [3.63, 3.8) is 0 Å². The number of hydrogen-bond donors (Lipinski definition) is 1. The molecule has 1 atom stereocenters. The Morgan fingerprint density at radius 3 is 1.90 bits per heavy atom. The summed E-state index contributed by atoms with van der Waals surface area (Å²) >= 11 is 0. The summed E-state index contributed by atoms with van der Waals surface area (Å²) in [6, 6.07) is 9.73. The van der Waals surface area contributed by atoms with Gasteiger partial charge in [0.05, 0.1) is 0 Å². The highest BCUT2D eigenvalue weighted by molar-refractivity contribution is 5.29. The van der Waals surface area contributed by atoms with Gasteiger partial charge in [-0.05, 0) is 35.4 Å². The molecule has 0 bridgehead atoms. The van der Waals surface area contributed by atoms with E-state index in [4.69, 9.17) is 0 Å². The normalized spacial score (nSPS) is 13.8. The highest BCUT2D eigenvalue weighted by Crippen LogP contribution is 2.28. The van der Waals surface area contributed by atoms with Crippen molar-refractivity contribution in [3.8, 4) is 0 Å². The molecule has 0 amide bonds. The van der Waals surface area contributed by atoms with Crippen molar-refractivity contribution < 1.29 is 0 Å². The Morgan fingerprint density at radius 2 is 1.50 bits per heavy atom. The summed E-state index contributed by atoms with van der Waals surface area (Å²) in [5.74, 6) is 0.821. The van der Waals surface area contributed by atoms with Gasteiger partial charge < -0.3 is 5.32 Å². The summed E-state index contributed by atoms with van der Waals surface area (Å²) < 4.78 is 0. The maximum Gasteiger partial charge on any atom is 0.0322 e. The van der Waals surface area contributed by atoms with Crippen LogP contribution in [0.4, 0.5) is 0 Å². The standard InChI is InChI=1S/C19H33N/c1-7-15(8-2)14-18(20-9-3)16-10-12-17(13-11-16)19(4,5)6/h10-13,15,18,20H,7-9,14H2,1-6H3. The van der Waals surface area contributed by atoms with Gasteiger partial charge in [0.15, 0.2) is 0 Å². The Morgan fingerprint density at radius 1 is 0.950 bits per heavy atom. The molecule has 0 spiro atoms. The quantitative estimate of drug-likeness (QED) is 0.696. The maximum absolute atomic E-state index is 3.66. The highest BCUT2D eigenvalue weighted by atomic mass is 14.9. The van der Waals surface area contributed by atoms with Crippen LogP contribution in [-0.2, 0) is 5.41 Å². The maximum atomic E-state index is 3.66. The topological polar surface area (TPSA) is 12.0 Å². The molecule has 0 aliphatic heterocycles. The first kappa shape index (κ1) is 17.2. The molecule has 1 nitrogen and oxygen atoms in total. The summed E-state index contributed by atoms with van der Waals surface area (Å²) in [5.41, 5.74) is 3.09. The van der Waals surface area contributed by atoms with Crippen LogP contribution in [0.25, 0.3) is 0 Å². The Hall–Kier alpha value is -0.820. The van der Waals surface area contributed by atoms with Gasteiger partial charge in [-0.15, -0.1) is 0 Å². The van der Waals surface area contributed by atoms with Crippen LogP contribution in [-0.4, -0.2) is 6.54 Å². The van der Waals surface area contributed by atoms with E-state index >= 15 is 0 Å². The molecule has 0 aromatic heterocycles. The van der Waals surface area contributed by atoms with Crippen molar-refractivity contribution in [3.05, 3.63) is 35.4 Å². The van der Waals surface area contributed by atoms with E-state index in [1.165, 1.54) is 30.4 Å². The predicted octanol–water partition coefficient (Wildman–Crippen LogP) is 5.46. The van der Waals surface area contributed by atoms with Crippen molar-refractivity contribution in [2.45, 2.75) is 72.3 Å². The Bertz CT molecular complexity index is 368. The predicted molar refractivity (Wildman–Crippen MR) is 90.2 cm³/mol. The average molecular weight is 275 g/mol. The highest BCUT2D eigenvalue weighted by Gasteiger charge is 2.17. The zero-order chi connectivity index (χ0) is 15.2. The van der Waals surface area contributed by atoms with Crippen LogP contribution < -0.4 is 5.32 Å². The van der Waals surface area contributed by atoms with Gasteiger partial charge in [0.1, 0.15) is 0 Å². The van der Waals surface area contributed by atoms with E-state index < -0.39 is 0 Å². The second kappa shape index (κ2) is 7.83. The molecule has 20 heavy (non-hydrogen) atoms. The Labute approximate surface area is 126 Å². The SMILES string of the molecule is CCNC(CC(CC)CC)c1ccc(C(C)(C)C)cc1. The van der Waals surface area contributed by atoms with E-state index in [1.54, 1.807) is 0 Å². The van der Waals surface area contributed by atoms with Gasteiger partial charge >= 0.3 is 0 Å². The van der Waals surface area contributed by atoms with Crippen LogP contribution >= 0.6 is 0 Å². The zero-order valence-electron chi connectivity index (χ0n) is 14.3. The fraction of sp³-hybridized carbons (Fsp3) is 0.684. The van der Waals surface area contributed by atoms with E-state index in [-0.39, 0.29) is 5.41 Å². The van der Waals surface area contributed by atoms with E-state index in [0.29, 0.717) is 6.04 Å². The fourth-order valence-corrected chi connectivity index (χ4v) is 2.75. The Kier molecular flexibility index (Phi) is 6.75. The lowest BCUT2D eigenvalue weighted by atomic mass is 9.85. The van der Waals surface area contributed by atoms with Crippen LogP contribution in [0.5, 0.6) is 0 Å². The van der Waals surface area contributed by atoms with Crippen LogP contribution in [0, 0.1) is 5.92 Å². The summed E-state index contributed by atoms with van der Waals surface area (Å²) in [4.78, 5) is 0. The van der Waals surface area contributed by atoms with Gasteiger partial charge in [-0.25, -0.2) is 0 Å². The average Bonchev–Trinajstić information content (AvgIpc) is 2.42. The second-order valence-electron chi connectivity index (χ2n) is 6.90. The third kappa shape index (κ3) is 4.94. The first-order valence-corrected chi connectivity index (χ1v) is 8.26. The third-order valence-electron chi connectivity index (χ3n) is 4.35. The van der Waals surface area contributed by atoms with Crippen molar-refractivity contribution >= 4 is 0 Å². The van der Waals surface area contributed by atoms with Crippen LogP contribution in [0.3, 0.4) is 0 Å². The first-order valence-electron chi connectivity index (χ1n) is 8.26. The molecule has 1 heteroatoms. The smallest absolute Gasteiger partial charge is 0.0322 e. The zero-order valence-corrected chi connectivity index (χ0v) is 14.3. The van der Waals surface area contributed by atoms with Crippen LogP contribution in [0.15, 0.2) is 24.3 Å². The van der Waals surface area contributed by atoms with Gasteiger partial charge in [0.2, 0.25) is 0 Å². The van der Waals surface area contributed by atoms with Gasteiger partial charge in [-0.1, -0.05) is 78.6 Å². The molecule has 0 saturated carbocycles. The molecule has 0 saturated heterocycles. The number of rotatable bonds is 7. The van der Waals surface area contributed by atoms with Crippen molar-refractivity contribution in [2.75, 3.05) is 6.54 Å². The molecule has 0 radical (unpaired) electrons. The molecule has 0 aliphatic carbocycles. The van der Waals surface area contributed by atoms with Gasteiger partial charge in [-0.2, -0.15) is 0 Å². The minimum atomic E-state index is 0.238. The first-order chi connectivity index (χ1) is 9.42. The van der Waals surface area contributed by atoms with Crippen molar-refractivity contribution in [1.82, 2.24) is 5.32 Å². The monoisotopic (exact) mass is 275 g/mol. The summed E-state index contributed by atoms with van der Waals surface area (Å²) in [6.45, 7) is 14.7. The summed E-state index contributed by atoms with van der Waals surface area (Å²) in [7, 11) is 0. The molecule has 0 aliphatic rings. The van der Waals surface area contributed by atoms with Crippen LogP contribution in [0.2, 0.25) is 0 Å². The van der Waals surface area contributed by atoms with Gasteiger partial charge in [0.25, 0.3) is 0 Å². The lowest BCUT2D eigenvalue weighted by molar-refractivity contribution is 0.375. The number of benzene rings is 1. The van der Waals surface area contributed by atoms with E-state index in [0.717, 1.165) is 12.5 Å². The van der Waals surface area contributed by atoms with E-state index in [1.807, 2.05) is 0 Å². The van der Waals surface area contributed by atoms with Crippen LogP contribution in [0.1, 0.15) is 78.0 Å². The molecule has 1 unspecified atom stereocenters.